The van der Waals surface area contributed by atoms with E-state index in [4.69, 9.17) is 4.74 Å². The molecular formula is C14H14N2O3S. The van der Waals surface area contributed by atoms with Gasteiger partial charge in [-0.25, -0.2) is 9.78 Å². The maximum absolute atomic E-state index is 11.9. The predicted octanol–water partition coefficient (Wildman–Crippen LogP) is 2.53. The van der Waals surface area contributed by atoms with Gasteiger partial charge in [0.25, 0.3) is 0 Å². The highest BCUT2D eigenvalue weighted by atomic mass is 32.1. The minimum Gasteiger partial charge on any atom is -0.454 e. The summed E-state index contributed by atoms with van der Waals surface area (Å²) in [5.41, 5.74) is 2.24. The molecule has 0 bridgehead atoms. The number of ketones is 1. The second kappa shape index (κ2) is 6.29. The van der Waals surface area contributed by atoms with Gasteiger partial charge in [0, 0.05) is 34.6 Å². The number of Topliss-reactive ketones (excluding diaryl/α,β-unsaturated/α-hetero) is 1. The van der Waals surface area contributed by atoms with Crippen LogP contribution in [0.2, 0.25) is 0 Å². The average Bonchev–Trinajstić information content (AvgIpc) is 3.03. The van der Waals surface area contributed by atoms with E-state index in [1.165, 1.54) is 17.4 Å². The summed E-state index contributed by atoms with van der Waals surface area (Å²) < 4.78 is 4.91. The molecule has 1 N–H and O–H groups in total. The smallest absolute Gasteiger partial charge is 0.331 e. The molecule has 0 aliphatic rings. The summed E-state index contributed by atoms with van der Waals surface area (Å²) >= 11 is 1.41. The Balaban J connectivity index is 1.87. The lowest BCUT2D eigenvalue weighted by Crippen LogP contribution is -2.12. The van der Waals surface area contributed by atoms with Crippen LogP contribution in [0.4, 0.5) is 0 Å². The fraction of sp³-hybridized carbons (Fsp3) is 0.214. The number of ether oxygens (including phenoxy) is 1. The van der Waals surface area contributed by atoms with E-state index in [-0.39, 0.29) is 12.4 Å². The number of H-pyrrole nitrogens is 1. The summed E-state index contributed by atoms with van der Waals surface area (Å²) in [4.78, 5) is 30.4. The number of rotatable bonds is 5. The van der Waals surface area contributed by atoms with E-state index < -0.39 is 5.97 Å². The van der Waals surface area contributed by atoms with Crippen molar-refractivity contribution in [3.05, 3.63) is 45.7 Å². The van der Waals surface area contributed by atoms with Crippen molar-refractivity contribution >= 4 is 29.2 Å². The summed E-state index contributed by atoms with van der Waals surface area (Å²) in [6.07, 6.45) is 4.47. The molecule has 0 unspecified atom stereocenters. The molecule has 20 heavy (non-hydrogen) atoms. The monoisotopic (exact) mass is 290 g/mol. The first-order valence-electron chi connectivity index (χ1n) is 6.00. The molecule has 0 spiro atoms. The van der Waals surface area contributed by atoms with Gasteiger partial charge in [0.05, 0.1) is 0 Å². The Hall–Kier alpha value is -2.21. The van der Waals surface area contributed by atoms with Crippen molar-refractivity contribution in [1.29, 1.82) is 0 Å². The number of hydrogen-bond donors (Lipinski definition) is 1. The Kier molecular flexibility index (Phi) is 4.47. The molecule has 6 heteroatoms. The van der Waals surface area contributed by atoms with Gasteiger partial charge in [0.15, 0.2) is 6.61 Å². The van der Waals surface area contributed by atoms with Crippen molar-refractivity contribution < 1.29 is 14.3 Å². The lowest BCUT2D eigenvalue weighted by Gasteiger charge is -2.00. The van der Waals surface area contributed by atoms with Crippen LogP contribution in [-0.2, 0) is 9.53 Å². The zero-order valence-corrected chi connectivity index (χ0v) is 12.0. The number of carbonyl (C=O) groups is 2. The molecule has 2 rings (SSSR count). The second-order valence-corrected chi connectivity index (χ2v) is 5.15. The number of aromatic nitrogens is 2. The summed E-state index contributed by atoms with van der Waals surface area (Å²) in [6.45, 7) is 3.41. The maximum Gasteiger partial charge on any atom is 0.331 e. The Morgan fingerprint density at radius 3 is 2.85 bits per heavy atom. The Bertz CT molecular complexity index is 641. The molecule has 0 fully saturated rings. The van der Waals surface area contributed by atoms with E-state index in [1.54, 1.807) is 18.3 Å². The minimum absolute atomic E-state index is 0.220. The third kappa shape index (κ3) is 3.64. The molecule has 0 atom stereocenters. The lowest BCUT2D eigenvalue weighted by molar-refractivity contribution is -0.136. The number of thiazole rings is 1. The van der Waals surface area contributed by atoms with Crippen LogP contribution in [0, 0.1) is 13.8 Å². The van der Waals surface area contributed by atoms with Crippen LogP contribution in [0.1, 0.15) is 26.8 Å². The van der Waals surface area contributed by atoms with E-state index in [0.717, 1.165) is 11.4 Å². The van der Waals surface area contributed by atoms with Crippen molar-refractivity contribution in [2.24, 2.45) is 0 Å². The van der Waals surface area contributed by atoms with E-state index in [2.05, 4.69) is 9.97 Å². The van der Waals surface area contributed by atoms with Gasteiger partial charge in [0.1, 0.15) is 5.01 Å². The van der Waals surface area contributed by atoms with Crippen LogP contribution in [0.3, 0.4) is 0 Å². The van der Waals surface area contributed by atoms with Crippen molar-refractivity contribution in [2.45, 2.75) is 13.8 Å². The SMILES string of the molecule is Cc1cc(C(=O)COC(=O)/C=C/c2nccs2)c(C)[nH]1. The molecule has 0 saturated carbocycles. The van der Waals surface area contributed by atoms with E-state index in [1.807, 2.05) is 19.2 Å². The van der Waals surface area contributed by atoms with Gasteiger partial charge < -0.3 is 9.72 Å². The Morgan fingerprint density at radius 1 is 1.45 bits per heavy atom. The number of aryl methyl sites for hydroxylation is 2. The molecule has 0 amide bonds. The number of nitrogens with zero attached hydrogens (tertiary/aromatic N) is 1. The number of esters is 1. The van der Waals surface area contributed by atoms with E-state index in [0.29, 0.717) is 10.6 Å². The van der Waals surface area contributed by atoms with Crippen LogP contribution in [0.15, 0.2) is 23.7 Å². The first-order valence-corrected chi connectivity index (χ1v) is 6.88. The fourth-order valence-electron chi connectivity index (χ4n) is 1.73. The molecular weight excluding hydrogens is 276 g/mol. The molecule has 2 heterocycles. The molecule has 104 valence electrons. The van der Waals surface area contributed by atoms with Crippen LogP contribution in [-0.4, -0.2) is 28.3 Å². The average molecular weight is 290 g/mol. The number of nitrogens with one attached hydrogen (secondary N) is 1. The number of carbonyl (C=O) groups excluding carboxylic acids is 2. The highest BCUT2D eigenvalue weighted by Gasteiger charge is 2.13. The zero-order chi connectivity index (χ0) is 14.5. The zero-order valence-electron chi connectivity index (χ0n) is 11.2. The predicted molar refractivity (Wildman–Crippen MR) is 76.7 cm³/mol. The normalized spacial score (nSPS) is 10.9. The van der Waals surface area contributed by atoms with Gasteiger partial charge in [-0.15, -0.1) is 11.3 Å². The van der Waals surface area contributed by atoms with Gasteiger partial charge in [0.2, 0.25) is 5.78 Å². The standard InChI is InChI=1S/C14H14N2O3S/c1-9-7-11(10(2)16-9)12(17)8-19-14(18)4-3-13-15-5-6-20-13/h3-7,16H,8H2,1-2H3/b4-3+. The summed E-state index contributed by atoms with van der Waals surface area (Å²) in [6, 6.07) is 1.75. The van der Waals surface area contributed by atoms with Gasteiger partial charge in [-0.05, 0) is 26.0 Å². The fourth-order valence-corrected chi connectivity index (χ4v) is 2.26. The first-order chi connectivity index (χ1) is 9.56. The van der Waals surface area contributed by atoms with Crippen LogP contribution in [0.25, 0.3) is 6.08 Å². The summed E-state index contributed by atoms with van der Waals surface area (Å²) in [7, 11) is 0. The van der Waals surface area contributed by atoms with Crippen molar-refractivity contribution in [1.82, 2.24) is 9.97 Å². The first kappa shape index (κ1) is 14.2. The molecule has 0 radical (unpaired) electrons. The van der Waals surface area contributed by atoms with Crippen molar-refractivity contribution in [3.8, 4) is 0 Å². The highest BCUT2D eigenvalue weighted by molar-refractivity contribution is 7.10. The topological polar surface area (TPSA) is 72.1 Å². The van der Waals surface area contributed by atoms with Gasteiger partial charge in [-0.2, -0.15) is 0 Å². The maximum atomic E-state index is 11.9. The van der Waals surface area contributed by atoms with E-state index >= 15 is 0 Å². The minimum atomic E-state index is -0.557. The third-order valence-corrected chi connectivity index (χ3v) is 3.35. The lowest BCUT2D eigenvalue weighted by atomic mass is 10.2. The second-order valence-electron chi connectivity index (χ2n) is 4.23. The third-order valence-electron chi connectivity index (χ3n) is 2.61. The van der Waals surface area contributed by atoms with Crippen molar-refractivity contribution in [3.63, 3.8) is 0 Å². The molecule has 5 nitrogen and oxygen atoms in total. The van der Waals surface area contributed by atoms with Crippen LogP contribution in [0.5, 0.6) is 0 Å². The molecule has 2 aromatic rings. The number of hydrogen-bond acceptors (Lipinski definition) is 5. The summed E-state index contributed by atoms with van der Waals surface area (Å²) in [5.74, 6) is -0.777. The van der Waals surface area contributed by atoms with Crippen LogP contribution >= 0.6 is 11.3 Å². The van der Waals surface area contributed by atoms with Gasteiger partial charge in [-0.3, -0.25) is 4.79 Å². The molecule has 0 saturated heterocycles. The molecule has 0 aromatic carbocycles. The summed E-state index contributed by atoms with van der Waals surface area (Å²) in [5, 5.41) is 2.52. The van der Waals surface area contributed by atoms with Crippen molar-refractivity contribution in [2.75, 3.05) is 6.61 Å². The molecule has 2 aromatic heterocycles. The largest absolute Gasteiger partial charge is 0.454 e. The number of aromatic amines is 1. The Morgan fingerprint density at radius 2 is 2.25 bits per heavy atom. The quantitative estimate of drug-likeness (QED) is 0.522. The van der Waals surface area contributed by atoms with Gasteiger partial charge >= 0.3 is 5.97 Å². The molecule has 0 aliphatic carbocycles. The van der Waals surface area contributed by atoms with Crippen LogP contribution < -0.4 is 0 Å². The Labute approximate surface area is 120 Å². The molecule has 0 aliphatic heterocycles. The van der Waals surface area contributed by atoms with E-state index in [9.17, 15) is 9.59 Å². The van der Waals surface area contributed by atoms with Gasteiger partial charge in [-0.1, -0.05) is 0 Å². The highest BCUT2D eigenvalue weighted by Crippen LogP contribution is 2.10.